The van der Waals surface area contributed by atoms with Crippen LogP contribution in [0.5, 0.6) is 5.75 Å². The van der Waals surface area contributed by atoms with Crippen LogP contribution in [0.1, 0.15) is 32.3 Å². The van der Waals surface area contributed by atoms with Crippen molar-refractivity contribution in [3.8, 4) is 5.75 Å². The van der Waals surface area contributed by atoms with Crippen molar-refractivity contribution in [1.29, 1.82) is 0 Å². The molecular formula is C25H31N3O3. The fraction of sp³-hybridized carbons (Fsp3) is 0.440. The zero-order valence-corrected chi connectivity index (χ0v) is 18.6. The molecule has 2 heterocycles. The normalized spacial score (nSPS) is 20.8. The average molecular weight is 422 g/mol. The summed E-state index contributed by atoms with van der Waals surface area (Å²) >= 11 is 0. The first-order valence-electron chi connectivity index (χ1n) is 11.1. The van der Waals surface area contributed by atoms with Crippen molar-refractivity contribution in [3.63, 3.8) is 0 Å². The molecule has 1 saturated heterocycles. The first-order chi connectivity index (χ1) is 14.9. The molecule has 0 saturated carbocycles. The maximum Gasteiger partial charge on any atom is 0.227 e. The maximum absolute atomic E-state index is 12.9. The largest absolute Gasteiger partial charge is 0.487 e. The van der Waals surface area contributed by atoms with Gasteiger partial charge in [0.15, 0.2) is 0 Å². The van der Waals surface area contributed by atoms with Gasteiger partial charge in [-0.2, -0.15) is 0 Å². The van der Waals surface area contributed by atoms with Crippen LogP contribution in [0.3, 0.4) is 0 Å². The zero-order valence-electron chi connectivity index (χ0n) is 18.6. The van der Waals surface area contributed by atoms with E-state index in [4.69, 9.17) is 4.74 Å². The standard InChI is InChI=1S/C25H31N3O3/c1-18-7-6-8-21(15-18)27-14-13-26(16-19(27)2)24(29)11-12-25(30)28-17-20(3)31-23-10-5-4-9-22(23)28/h4-10,15,19-20H,11-14,16-17H2,1-3H3. The summed E-state index contributed by atoms with van der Waals surface area (Å²) in [7, 11) is 0. The molecule has 164 valence electrons. The number of aryl methyl sites for hydroxylation is 1. The highest BCUT2D eigenvalue weighted by Crippen LogP contribution is 2.33. The number of rotatable bonds is 4. The van der Waals surface area contributed by atoms with Crippen molar-refractivity contribution < 1.29 is 14.3 Å². The van der Waals surface area contributed by atoms with Crippen LogP contribution in [0.4, 0.5) is 11.4 Å². The van der Waals surface area contributed by atoms with Crippen LogP contribution in [0.2, 0.25) is 0 Å². The van der Waals surface area contributed by atoms with Gasteiger partial charge in [-0.05, 0) is 50.6 Å². The van der Waals surface area contributed by atoms with Gasteiger partial charge in [0, 0.05) is 44.2 Å². The highest BCUT2D eigenvalue weighted by molar-refractivity contribution is 5.97. The molecule has 0 aliphatic carbocycles. The number of amides is 2. The Labute approximate surface area is 184 Å². The van der Waals surface area contributed by atoms with Gasteiger partial charge in [-0.25, -0.2) is 0 Å². The molecule has 31 heavy (non-hydrogen) atoms. The Morgan fingerprint density at radius 2 is 1.74 bits per heavy atom. The lowest BCUT2D eigenvalue weighted by Crippen LogP contribution is -2.54. The number of piperazine rings is 1. The lowest BCUT2D eigenvalue weighted by molar-refractivity contribution is -0.133. The number of carbonyl (C=O) groups is 2. The van der Waals surface area contributed by atoms with Crippen molar-refractivity contribution in [2.45, 2.75) is 45.8 Å². The van der Waals surface area contributed by atoms with Crippen LogP contribution < -0.4 is 14.5 Å². The second-order valence-electron chi connectivity index (χ2n) is 8.62. The number of para-hydroxylation sites is 2. The van der Waals surface area contributed by atoms with E-state index in [9.17, 15) is 9.59 Å². The molecule has 2 aliphatic rings. The molecule has 2 aromatic rings. The van der Waals surface area contributed by atoms with Gasteiger partial charge in [0.2, 0.25) is 11.8 Å². The summed E-state index contributed by atoms with van der Waals surface area (Å²) in [5, 5.41) is 0. The second kappa shape index (κ2) is 9.00. The molecule has 6 heteroatoms. The van der Waals surface area contributed by atoms with E-state index >= 15 is 0 Å². The predicted octanol–water partition coefficient (Wildman–Crippen LogP) is 3.63. The molecule has 0 N–H and O–H groups in total. The fourth-order valence-corrected chi connectivity index (χ4v) is 4.51. The molecule has 0 aromatic heterocycles. The van der Waals surface area contributed by atoms with Crippen molar-refractivity contribution in [1.82, 2.24) is 4.90 Å². The monoisotopic (exact) mass is 421 g/mol. The lowest BCUT2D eigenvalue weighted by atomic mass is 10.1. The Kier molecular flexibility index (Phi) is 6.16. The Hall–Kier alpha value is -3.02. The quantitative estimate of drug-likeness (QED) is 0.757. The third-order valence-corrected chi connectivity index (χ3v) is 6.09. The van der Waals surface area contributed by atoms with Gasteiger partial charge < -0.3 is 19.4 Å². The molecule has 2 unspecified atom stereocenters. The van der Waals surface area contributed by atoms with Crippen LogP contribution in [-0.4, -0.2) is 55.0 Å². The number of carbonyl (C=O) groups excluding carboxylic acids is 2. The van der Waals surface area contributed by atoms with Gasteiger partial charge in [-0.3, -0.25) is 9.59 Å². The summed E-state index contributed by atoms with van der Waals surface area (Å²) in [4.78, 5) is 31.8. The Bertz CT molecular complexity index is 961. The molecule has 2 amide bonds. The summed E-state index contributed by atoms with van der Waals surface area (Å²) in [6, 6.07) is 16.3. The van der Waals surface area contributed by atoms with E-state index in [2.05, 4.69) is 43.0 Å². The first-order valence-corrected chi connectivity index (χ1v) is 11.1. The molecule has 6 nitrogen and oxygen atoms in total. The first kappa shape index (κ1) is 21.2. The minimum absolute atomic E-state index is 0.0256. The van der Waals surface area contributed by atoms with E-state index in [1.165, 1.54) is 11.3 Å². The van der Waals surface area contributed by atoms with Gasteiger partial charge >= 0.3 is 0 Å². The number of benzene rings is 2. The number of fused-ring (bicyclic) bond motifs is 1. The molecule has 2 aliphatic heterocycles. The van der Waals surface area contributed by atoms with Crippen LogP contribution in [0.25, 0.3) is 0 Å². The average Bonchev–Trinajstić information content (AvgIpc) is 2.76. The van der Waals surface area contributed by atoms with Crippen LogP contribution in [0, 0.1) is 6.92 Å². The summed E-state index contributed by atoms with van der Waals surface area (Å²) in [6.07, 6.45) is 0.390. The lowest BCUT2D eigenvalue weighted by Gasteiger charge is -2.41. The highest BCUT2D eigenvalue weighted by atomic mass is 16.5. The van der Waals surface area contributed by atoms with Crippen molar-refractivity contribution in [3.05, 3.63) is 54.1 Å². The van der Waals surface area contributed by atoms with Gasteiger partial charge in [-0.1, -0.05) is 24.3 Å². The third kappa shape index (κ3) is 4.68. The molecule has 1 fully saturated rings. The molecule has 4 rings (SSSR count). The Morgan fingerprint density at radius 1 is 0.968 bits per heavy atom. The summed E-state index contributed by atoms with van der Waals surface area (Å²) < 4.78 is 5.82. The van der Waals surface area contributed by atoms with Gasteiger partial charge in [0.1, 0.15) is 11.9 Å². The fourth-order valence-electron chi connectivity index (χ4n) is 4.51. The van der Waals surface area contributed by atoms with E-state index < -0.39 is 0 Å². The van der Waals surface area contributed by atoms with E-state index in [-0.39, 0.29) is 36.8 Å². The van der Waals surface area contributed by atoms with Gasteiger partial charge in [0.25, 0.3) is 0 Å². The van der Waals surface area contributed by atoms with E-state index in [1.807, 2.05) is 36.1 Å². The summed E-state index contributed by atoms with van der Waals surface area (Å²) in [5.74, 6) is 0.753. The smallest absolute Gasteiger partial charge is 0.227 e. The molecule has 0 radical (unpaired) electrons. The van der Waals surface area contributed by atoms with Crippen LogP contribution in [-0.2, 0) is 9.59 Å². The number of anilines is 2. The highest BCUT2D eigenvalue weighted by Gasteiger charge is 2.30. The minimum atomic E-state index is -0.0647. The van der Waals surface area contributed by atoms with Gasteiger partial charge in [-0.15, -0.1) is 0 Å². The molecule has 0 spiro atoms. The van der Waals surface area contributed by atoms with E-state index in [0.717, 1.165) is 18.0 Å². The Morgan fingerprint density at radius 3 is 2.52 bits per heavy atom. The van der Waals surface area contributed by atoms with Crippen molar-refractivity contribution in [2.75, 3.05) is 36.0 Å². The topological polar surface area (TPSA) is 53.1 Å². The summed E-state index contributed by atoms with van der Waals surface area (Å²) in [6.45, 7) is 8.88. The molecular weight excluding hydrogens is 390 g/mol. The molecule has 2 atom stereocenters. The number of nitrogens with zero attached hydrogens (tertiary/aromatic N) is 3. The Balaban J connectivity index is 1.33. The number of hydrogen-bond donors (Lipinski definition) is 0. The number of ether oxygens (including phenoxy) is 1. The van der Waals surface area contributed by atoms with Crippen LogP contribution in [0.15, 0.2) is 48.5 Å². The predicted molar refractivity (Wildman–Crippen MR) is 123 cm³/mol. The van der Waals surface area contributed by atoms with Crippen molar-refractivity contribution in [2.24, 2.45) is 0 Å². The zero-order chi connectivity index (χ0) is 22.0. The van der Waals surface area contributed by atoms with E-state index in [1.54, 1.807) is 4.90 Å². The van der Waals surface area contributed by atoms with E-state index in [0.29, 0.717) is 19.6 Å². The molecule has 0 bridgehead atoms. The maximum atomic E-state index is 12.9. The van der Waals surface area contributed by atoms with Crippen LogP contribution >= 0.6 is 0 Å². The summed E-state index contributed by atoms with van der Waals surface area (Å²) in [5.41, 5.74) is 3.23. The third-order valence-electron chi connectivity index (χ3n) is 6.09. The number of hydrogen-bond acceptors (Lipinski definition) is 4. The second-order valence-corrected chi connectivity index (χ2v) is 8.62. The SMILES string of the molecule is Cc1cccc(N2CCN(C(=O)CCC(=O)N3CC(C)Oc4ccccc43)CC2C)c1. The minimum Gasteiger partial charge on any atom is -0.487 e. The van der Waals surface area contributed by atoms with Crippen molar-refractivity contribution >= 4 is 23.2 Å². The molecule has 2 aromatic carbocycles. The van der Waals surface area contributed by atoms with Gasteiger partial charge in [0.05, 0.1) is 12.2 Å².